The summed E-state index contributed by atoms with van der Waals surface area (Å²) in [5, 5.41) is 0. The molecule has 0 aromatic heterocycles. The summed E-state index contributed by atoms with van der Waals surface area (Å²) in [6.45, 7) is 1.97. The maximum Gasteiger partial charge on any atom is 0.432 e. The van der Waals surface area contributed by atoms with Crippen LogP contribution < -0.4 is 4.74 Å². The van der Waals surface area contributed by atoms with Crippen LogP contribution in [0.15, 0.2) is 42.5 Å². The van der Waals surface area contributed by atoms with Crippen LogP contribution in [0.1, 0.15) is 42.9 Å². The van der Waals surface area contributed by atoms with E-state index in [0.29, 0.717) is 24.5 Å². The lowest BCUT2D eigenvalue weighted by molar-refractivity contribution is -0.189. The van der Waals surface area contributed by atoms with E-state index in [9.17, 15) is 26.3 Å². The van der Waals surface area contributed by atoms with Crippen molar-refractivity contribution in [1.29, 1.82) is 0 Å². The van der Waals surface area contributed by atoms with Crippen molar-refractivity contribution in [3.63, 3.8) is 0 Å². The van der Waals surface area contributed by atoms with E-state index in [1.165, 1.54) is 0 Å². The number of hydrogen-bond donors (Lipinski definition) is 0. The molecule has 0 saturated heterocycles. The Morgan fingerprint density at radius 2 is 1.59 bits per heavy atom. The minimum Gasteiger partial charge on any atom is -0.429 e. The van der Waals surface area contributed by atoms with Crippen LogP contribution in [0.25, 0.3) is 6.08 Å². The lowest BCUT2D eigenvalue weighted by Crippen LogP contribution is -2.25. The summed E-state index contributed by atoms with van der Waals surface area (Å²) in [4.78, 5) is 0. The average molecular weight is 388 g/mol. The van der Waals surface area contributed by atoms with E-state index in [2.05, 4.69) is 4.74 Å². The lowest BCUT2D eigenvalue weighted by Gasteiger charge is -2.20. The molecule has 0 fully saturated rings. The van der Waals surface area contributed by atoms with Crippen molar-refractivity contribution in [2.24, 2.45) is 0 Å². The molecule has 0 N–H and O–H groups in total. The zero-order chi connectivity index (χ0) is 20.0. The van der Waals surface area contributed by atoms with E-state index in [-0.39, 0.29) is 5.56 Å². The smallest absolute Gasteiger partial charge is 0.429 e. The predicted octanol–water partition coefficient (Wildman–Crippen LogP) is 7.06. The van der Waals surface area contributed by atoms with Crippen molar-refractivity contribution in [1.82, 2.24) is 0 Å². The van der Waals surface area contributed by atoms with E-state index in [1.807, 2.05) is 6.92 Å². The zero-order valence-corrected chi connectivity index (χ0v) is 14.5. The number of ether oxygens (including phenoxy) is 1. The fraction of sp³-hybridized carbons (Fsp3) is 0.300. The van der Waals surface area contributed by atoms with Crippen LogP contribution in [0, 0.1) is 11.6 Å². The SMILES string of the molecule is CCCCCc1cc(F)c(C(F)(F)Oc2ccc(C=C(F)F)cc2)c(F)c1. The van der Waals surface area contributed by atoms with Crippen LogP contribution in [0.2, 0.25) is 0 Å². The summed E-state index contributed by atoms with van der Waals surface area (Å²) in [5.41, 5.74) is -1.12. The molecule has 27 heavy (non-hydrogen) atoms. The maximum atomic E-state index is 14.3. The fourth-order valence-corrected chi connectivity index (χ4v) is 2.58. The van der Waals surface area contributed by atoms with Gasteiger partial charge >= 0.3 is 6.11 Å². The molecule has 0 spiro atoms. The first-order valence-corrected chi connectivity index (χ1v) is 8.41. The molecule has 0 radical (unpaired) electrons. The van der Waals surface area contributed by atoms with Gasteiger partial charge in [0.2, 0.25) is 0 Å². The normalized spacial score (nSPS) is 11.4. The first-order chi connectivity index (χ1) is 12.7. The molecular formula is C20H18F6O. The highest BCUT2D eigenvalue weighted by atomic mass is 19.3. The Hall–Kier alpha value is -2.44. The monoisotopic (exact) mass is 388 g/mol. The molecular weight excluding hydrogens is 370 g/mol. The minimum absolute atomic E-state index is 0.0689. The predicted molar refractivity (Wildman–Crippen MR) is 90.7 cm³/mol. The summed E-state index contributed by atoms with van der Waals surface area (Å²) in [5.74, 6) is -3.21. The molecule has 0 unspecified atom stereocenters. The van der Waals surface area contributed by atoms with Crippen molar-refractivity contribution in [2.45, 2.75) is 38.7 Å². The Kier molecular flexibility index (Phi) is 6.93. The number of aryl methyl sites for hydroxylation is 1. The molecule has 2 aromatic rings. The Labute approximate surface area is 153 Å². The molecule has 2 rings (SSSR count). The second-order valence-electron chi connectivity index (χ2n) is 6.01. The number of rotatable bonds is 8. The summed E-state index contributed by atoms with van der Waals surface area (Å²) >= 11 is 0. The number of unbranched alkanes of at least 4 members (excludes halogenated alkanes) is 2. The fourth-order valence-electron chi connectivity index (χ4n) is 2.58. The van der Waals surface area contributed by atoms with Gasteiger partial charge in [0, 0.05) is 6.08 Å². The molecule has 0 amide bonds. The standard InChI is InChI=1S/C20H18F6O/c1-2-3-4-5-14-10-16(21)19(17(22)11-14)20(25,26)27-15-8-6-13(7-9-15)12-18(23)24/h6-12H,2-5H2,1H3. The van der Waals surface area contributed by atoms with Crippen LogP contribution in [0.4, 0.5) is 26.3 Å². The van der Waals surface area contributed by atoms with E-state index in [1.54, 1.807) is 0 Å². The van der Waals surface area contributed by atoms with Crippen molar-refractivity contribution in [2.75, 3.05) is 0 Å². The minimum atomic E-state index is -4.27. The molecule has 0 atom stereocenters. The maximum absolute atomic E-state index is 14.3. The van der Waals surface area contributed by atoms with E-state index in [4.69, 9.17) is 0 Å². The van der Waals surface area contributed by atoms with Crippen molar-refractivity contribution in [3.05, 3.63) is 70.8 Å². The van der Waals surface area contributed by atoms with E-state index in [0.717, 1.165) is 49.2 Å². The quantitative estimate of drug-likeness (QED) is 0.347. The first kappa shape index (κ1) is 20.9. The Morgan fingerprint density at radius 1 is 1.00 bits per heavy atom. The van der Waals surface area contributed by atoms with Gasteiger partial charge in [-0.05, 0) is 48.2 Å². The van der Waals surface area contributed by atoms with Gasteiger partial charge in [0.05, 0.1) is 0 Å². The van der Waals surface area contributed by atoms with Crippen LogP contribution >= 0.6 is 0 Å². The second-order valence-corrected chi connectivity index (χ2v) is 6.01. The van der Waals surface area contributed by atoms with Gasteiger partial charge in [-0.2, -0.15) is 17.6 Å². The highest BCUT2D eigenvalue weighted by Crippen LogP contribution is 2.35. The van der Waals surface area contributed by atoms with Gasteiger partial charge < -0.3 is 4.74 Å². The van der Waals surface area contributed by atoms with Crippen molar-refractivity contribution >= 4 is 6.08 Å². The zero-order valence-electron chi connectivity index (χ0n) is 14.5. The topological polar surface area (TPSA) is 9.23 Å². The largest absolute Gasteiger partial charge is 0.432 e. The molecule has 0 aliphatic carbocycles. The Morgan fingerprint density at radius 3 is 2.11 bits per heavy atom. The molecule has 0 saturated carbocycles. The molecule has 7 heteroatoms. The summed E-state index contributed by atoms with van der Waals surface area (Å²) in [6, 6.07) is 6.02. The average Bonchev–Trinajstić information content (AvgIpc) is 2.55. The summed E-state index contributed by atoms with van der Waals surface area (Å²) in [7, 11) is 0. The molecule has 1 nitrogen and oxygen atoms in total. The van der Waals surface area contributed by atoms with Gasteiger partial charge in [-0.3, -0.25) is 0 Å². The van der Waals surface area contributed by atoms with Gasteiger partial charge in [-0.25, -0.2) is 8.78 Å². The lowest BCUT2D eigenvalue weighted by atomic mass is 10.0. The van der Waals surface area contributed by atoms with Crippen LogP contribution in [-0.2, 0) is 12.5 Å². The Balaban J connectivity index is 2.21. The molecule has 2 aromatic carbocycles. The highest BCUT2D eigenvalue weighted by molar-refractivity contribution is 5.51. The number of benzene rings is 2. The third-order valence-corrected chi connectivity index (χ3v) is 3.86. The van der Waals surface area contributed by atoms with Crippen LogP contribution in [-0.4, -0.2) is 0 Å². The van der Waals surface area contributed by atoms with E-state index >= 15 is 0 Å². The second kappa shape index (κ2) is 8.97. The third-order valence-electron chi connectivity index (χ3n) is 3.86. The van der Waals surface area contributed by atoms with Gasteiger partial charge in [-0.1, -0.05) is 31.9 Å². The first-order valence-electron chi connectivity index (χ1n) is 8.41. The highest BCUT2D eigenvalue weighted by Gasteiger charge is 2.41. The van der Waals surface area contributed by atoms with Crippen molar-refractivity contribution in [3.8, 4) is 5.75 Å². The Bertz CT molecular complexity index is 772. The van der Waals surface area contributed by atoms with Gasteiger partial charge in [0.1, 0.15) is 22.9 Å². The van der Waals surface area contributed by atoms with E-state index < -0.39 is 35.1 Å². The van der Waals surface area contributed by atoms with Gasteiger partial charge in [0.15, 0.2) is 0 Å². The molecule has 0 aliphatic rings. The summed E-state index contributed by atoms with van der Waals surface area (Å²) in [6.07, 6.45) is -2.81. The molecule has 0 aliphatic heterocycles. The number of alkyl halides is 2. The van der Waals surface area contributed by atoms with Gasteiger partial charge in [0.25, 0.3) is 6.08 Å². The molecule has 0 heterocycles. The summed E-state index contributed by atoms with van der Waals surface area (Å²) < 4.78 is 85.6. The van der Waals surface area contributed by atoms with Crippen LogP contribution in [0.5, 0.6) is 5.75 Å². The number of halogens is 6. The van der Waals surface area contributed by atoms with Crippen molar-refractivity contribution < 1.29 is 31.1 Å². The molecule has 146 valence electrons. The number of hydrogen-bond acceptors (Lipinski definition) is 1. The van der Waals surface area contributed by atoms with Gasteiger partial charge in [-0.15, -0.1) is 0 Å². The molecule has 0 bridgehead atoms. The van der Waals surface area contributed by atoms with Crippen LogP contribution in [0.3, 0.4) is 0 Å². The third kappa shape index (κ3) is 5.77.